The zero-order chi connectivity index (χ0) is 15.4. The van der Waals surface area contributed by atoms with Gasteiger partial charge in [-0.1, -0.05) is 32.0 Å². The Bertz CT molecular complexity index is 448. The van der Waals surface area contributed by atoms with Crippen molar-refractivity contribution < 1.29 is 9.84 Å². The number of aliphatic hydroxyl groups is 1. The third-order valence-electron chi connectivity index (χ3n) is 3.91. The van der Waals surface area contributed by atoms with Crippen molar-refractivity contribution in [3.63, 3.8) is 0 Å². The molecule has 1 aliphatic heterocycles. The molecule has 1 aromatic carbocycles. The van der Waals surface area contributed by atoms with Crippen LogP contribution in [0.15, 0.2) is 24.3 Å². The molecule has 2 atom stereocenters. The lowest BCUT2D eigenvalue weighted by molar-refractivity contribution is -0.00350. The predicted molar refractivity (Wildman–Crippen MR) is 85.6 cm³/mol. The Morgan fingerprint density at radius 1 is 1.24 bits per heavy atom. The molecule has 0 bridgehead atoms. The predicted octanol–water partition coefficient (Wildman–Crippen LogP) is 2.00. The van der Waals surface area contributed by atoms with Crippen LogP contribution >= 0.6 is 0 Å². The van der Waals surface area contributed by atoms with E-state index in [1.54, 1.807) is 0 Å². The minimum absolute atomic E-state index is 0.0299. The first-order valence-corrected chi connectivity index (χ1v) is 7.77. The second kappa shape index (κ2) is 7.25. The summed E-state index contributed by atoms with van der Waals surface area (Å²) in [5, 5.41) is 10.7. The molecular formula is C17H28N2O2. The Balaban J connectivity index is 2.13. The van der Waals surface area contributed by atoms with Gasteiger partial charge < -0.3 is 14.7 Å². The van der Waals surface area contributed by atoms with Gasteiger partial charge in [0, 0.05) is 25.2 Å². The number of fused-ring (bicyclic) bond motifs is 1. The number of benzene rings is 1. The lowest BCUT2D eigenvalue weighted by Gasteiger charge is -2.39. The smallest absolute Gasteiger partial charge is 0.125 e. The molecule has 21 heavy (non-hydrogen) atoms. The van der Waals surface area contributed by atoms with Crippen LogP contribution in [0.3, 0.4) is 0 Å². The second-order valence-electron chi connectivity index (χ2n) is 6.55. The van der Waals surface area contributed by atoms with Crippen LogP contribution in [-0.4, -0.2) is 61.3 Å². The van der Waals surface area contributed by atoms with Crippen LogP contribution in [0.2, 0.25) is 0 Å². The minimum atomic E-state index is -0.476. The minimum Gasteiger partial charge on any atom is -0.491 e. The second-order valence-corrected chi connectivity index (χ2v) is 6.55. The zero-order valence-corrected chi connectivity index (χ0v) is 13.6. The monoisotopic (exact) mass is 292 g/mol. The average molecular weight is 292 g/mol. The summed E-state index contributed by atoms with van der Waals surface area (Å²) in [6, 6.07) is 7.83. The van der Waals surface area contributed by atoms with Gasteiger partial charge in [0.05, 0.1) is 6.04 Å². The molecule has 0 aromatic heterocycles. The largest absolute Gasteiger partial charge is 0.491 e. The van der Waals surface area contributed by atoms with Gasteiger partial charge in [0.15, 0.2) is 0 Å². The summed E-state index contributed by atoms with van der Waals surface area (Å²) in [6.45, 7) is 7.88. The Labute approximate surface area is 128 Å². The molecule has 0 saturated carbocycles. The fourth-order valence-corrected chi connectivity index (χ4v) is 2.82. The fraction of sp³-hybridized carbons (Fsp3) is 0.647. The van der Waals surface area contributed by atoms with Crippen molar-refractivity contribution in [3.05, 3.63) is 29.8 Å². The summed E-state index contributed by atoms with van der Waals surface area (Å²) in [4.78, 5) is 4.54. The molecule has 4 nitrogen and oxygen atoms in total. The first-order valence-electron chi connectivity index (χ1n) is 7.77. The van der Waals surface area contributed by atoms with E-state index in [1.807, 2.05) is 24.3 Å². The quantitative estimate of drug-likeness (QED) is 0.870. The van der Waals surface area contributed by atoms with Crippen LogP contribution in [0.5, 0.6) is 5.75 Å². The van der Waals surface area contributed by atoms with E-state index in [0.29, 0.717) is 12.5 Å². The van der Waals surface area contributed by atoms with Crippen LogP contribution in [0.4, 0.5) is 0 Å². The van der Waals surface area contributed by atoms with Crippen LogP contribution in [0.1, 0.15) is 25.5 Å². The van der Waals surface area contributed by atoms with E-state index in [-0.39, 0.29) is 6.04 Å². The van der Waals surface area contributed by atoms with Crippen molar-refractivity contribution >= 4 is 0 Å². The maximum absolute atomic E-state index is 10.7. The third kappa shape index (κ3) is 4.19. The van der Waals surface area contributed by atoms with E-state index in [1.165, 1.54) is 0 Å². The molecule has 1 N–H and O–H groups in total. The maximum Gasteiger partial charge on any atom is 0.125 e. The molecule has 1 aliphatic rings. The molecule has 1 heterocycles. The molecule has 0 aliphatic carbocycles. The Hall–Kier alpha value is -1.10. The van der Waals surface area contributed by atoms with Gasteiger partial charge >= 0.3 is 0 Å². The SMILES string of the molecule is CC(C)CN(CCN(C)C)C1COc2ccccc2C1O. The van der Waals surface area contributed by atoms with Crippen LogP contribution in [0.25, 0.3) is 0 Å². The highest BCUT2D eigenvalue weighted by Crippen LogP contribution is 2.34. The number of para-hydroxylation sites is 1. The number of aliphatic hydroxyl groups excluding tert-OH is 1. The number of nitrogens with zero attached hydrogens (tertiary/aromatic N) is 2. The van der Waals surface area contributed by atoms with Crippen molar-refractivity contribution in [2.75, 3.05) is 40.3 Å². The van der Waals surface area contributed by atoms with Crippen LogP contribution in [-0.2, 0) is 0 Å². The molecule has 1 aromatic rings. The van der Waals surface area contributed by atoms with Gasteiger partial charge in [-0.2, -0.15) is 0 Å². The van der Waals surface area contributed by atoms with E-state index in [9.17, 15) is 5.11 Å². The average Bonchev–Trinajstić information content (AvgIpc) is 2.44. The Morgan fingerprint density at radius 2 is 1.95 bits per heavy atom. The van der Waals surface area contributed by atoms with E-state index in [2.05, 4.69) is 37.7 Å². The van der Waals surface area contributed by atoms with Crippen molar-refractivity contribution in [3.8, 4) is 5.75 Å². The molecule has 4 heteroatoms. The topological polar surface area (TPSA) is 35.9 Å². The highest BCUT2D eigenvalue weighted by molar-refractivity contribution is 5.37. The van der Waals surface area contributed by atoms with Gasteiger partial charge in [0.2, 0.25) is 0 Å². The van der Waals surface area contributed by atoms with Gasteiger partial charge in [0.25, 0.3) is 0 Å². The number of rotatable bonds is 6. The van der Waals surface area contributed by atoms with Gasteiger partial charge in [-0.15, -0.1) is 0 Å². The lowest BCUT2D eigenvalue weighted by atomic mass is 9.97. The zero-order valence-electron chi connectivity index (χ0n) is 13.6. The number of ether oxygens (including phenoxy) is 1. The highest BCUT2D eigenvalue weighted by atomic mass is 16.5. The maximum atomic E-state index is 10.7. The van der Waals surface area contributed by atoms with Crippen molar-refractivity contribution in [2.45, 2.75) is 26.0 Å². The fourth-order valence-electron chi connectivity index (χ4n) is 2.82. The molecule has 0 radical (unpaired) electrons. The molecule has 2 rings (SSSR count). The molecular weight excluding hydrogens is 264 g/mol. The van der Waals surface area contributed by atoms with E-state index in [0.717, 1.165) is 30.9 Å². The normalized spacial score (nSPS) is 21.7. The number of hydrogen-bond acceptors (Lipinski definition) is 4. The van der Waals surface area contributed by atoms with Gasteiger partial charge in [0.1, 0.15) is 18.5 Å². The van der Waals surface area contributed by atoms with Gasteiger partial charge in [-0.3, -0.25) is 4.90 Å². The summed E-state index contributed by atoms with van der Waals surface area (Å²) in [6.07, 6.45) is -0.476. The first-order chi connectivity index (χ1) is 9.99. The van der Waals surface area contributed by atoms with Crippen LogP contribution in [0, 0.1) is 5.92 Å². The Morgan fingerprint density at radius 3 is 2.62 bits per heavy atom. The lowest BCUT2D eigenvalue weighted by Crippen LogP contribution is -2.49. The number of likely N-dealkylation sites (N-methyl/N-ethyl adjacent to an activating group) is 1. The Kier molecular flexibility index (Phi) is 5.62. The van der Waals surface area contributed by atoms with Crippen molar-refractivity contribution in [1.82, 2.24) is 9.80 Å². The summed E-state index contributed by atoms with van der Waals surface area (Å²) in [5.74, 6) is 1.38. The van der Waals surface area contributed by atoms with Crippen LogP contribution < -0.4 is 4.74 Å². The molecule has 0 fully saturated rings. The highest BCUT2D eigenvalue weighted by Gasteiger charge is 2.33. The molecule has 2 unspecified atom stereocenters. The third-order valence-corrected chi connectivity index (χ3v) is 3.91. The summed E-state index contributed by atoms with van der Waals surface area (Å²) in [5.41, 5.74) is 0.910. The molecule has 0 amide bonds. The first kappa shape index (κ1) is 16.3. The van der Waals surface area contributed by atoms with Gasteiger partial charge in [-0.05, 0) is 26.1 Å². The summed E-state index contributed by atoms with van der Waals surface area (Å²) < 4.78 is 5.86. The molecule has 0 spiro atoms. The van der Waals surface area contributed by atoms with Crippen molar-refractivity contribution in [1.29, 1.82) is 0 Å². The van der Waals surface area contributed by atoms with E-state index in [4.69, 9.17) is 4.74 Å². The van der Waals surface area contributed by atoms with Gasteiger partial charge in [-0.25, -0.2) is 0 Å². The summed E-state index contributed by atoms with van der Waals surface area (Å²) in [7, 11) is 4.16. The van der Waals surface area contributed by atoms with E-state index >= 15 is 0 Å². The molecule has 118 valence electrons. The van der Waals surface area contributed by atoms with Crippen molar-refractivity contribution in [2.24, 2.45) is 5.92 Å². The molecule has 0 saturated heterocycles. The van der Waals surface area contributed by atoms with E-state index < -0.39 is 6.10 Å². The number of hydrogen-bond donors (Lipinski definition) is 1. The summed E-state index contributed by atoms with van der Waals surface area (Å²) >= 11 is 0. The standard InChI is InChI=1S/C17H28N2O2/c1-13(2)11-19(10-9-18(3)4)15-12-21-16-8-6-5-7-14(16)17(15)20/h5-8,13,15,17,20H,9-12H2,1-4H3.